The molecular weight excluding hydrogens is 207 g/mol. The van der Waals surface area contributed by atoms with Crippen LogP contribution in [0.3, 0.4) is 0 Å². The van der Waals surface area contributed by atoms with Crippen molar-refractivity contribution >= 4 is 5.82 Å². The average molecular weight is 219 g/mol. The highest BCUT2D eigenvalue weighted by molar-refractivity contribution is 5.30. The van der Waals surface area contributed by atoms with Crippen LogP contribution in [0.15, 0.2) is 18.3 Å². The minimum absolute atomic E-state index is 0.349. The molecule has 84 valence electrons. The van der Waals surface area contributed by atoms with E-state index in [1.807, 2.05) is 0 Å². The summed E-state index contributed by atoms with van der Waals surface area (Å²) in [5.41, 5.74) is 6.03. The van der Waals surface area contributed by atoms with Crippen LogP contribution in [-0.4, -0.2) is 17.7 Å². The number of nitrogen functional groups attached to an aromatic ring is 1. The third kappa shape index (κ3) is 4.16. The second-order valence-electron chi connectivity index (χ2n) is 3.23. The number of nitrogens with zero attached hydrogens (tertiary/aromatic N) is 1. The maximum atomic E-state index is 11.9. The van der Waals surface area contributed by atoms with Crippen LogP contribution < -0.4 is 11.1 Å². The standard InChI is InChI=1S/C9H12F3N3/c1-6(15-5-9(10,11)12)7-2-3-8(13)14-4-7/h2-4,6,15H,5H2,1H3,(H2,13,14). The van der Waals surface area contributed by atoms with Crippen LogP contribution in [-0.2, 0) is 0 Å². The summed E-state index contributed by atoms with van der Waals surface area (Å²) in [7, 11) is 0. The van der Waals surface area contributed by atoms with Gasteiger partial charge in [0.25, 0.3) is 0 Å². The second-order valence-corrected chi connectivity index (χ2v) is 3.23. The molecule has 1 aromatic rings. The predicted molar refractivity (Wildman–Crippen MR) is 51.1 cm³/mol. The van der Waals surface area contributed by atoms with Crippen molar-refractivity contribution in [2.45, 2.75) is 19.1 Å². The number of alkyl halides is 3. The number of hydrogen-bond donors (Lipinski definition) is 2. The van der Waals surface area contributed by atoms with Gasteiger partial charge in [0.1, 0.15) is 5.82 Å². The van der Waals surface area contributed by atoms with Crippen molar-refractivity contribution in [3.05, 3.63) is 23.9 Å². The lowest BCUT2D eigenvalue weighted by atomic mass is 10.1. The topological polar surface area (TPSA) is 50.9 Å². The molecule has 0 aliphatic carbocycles. The molecule has 0 amide bonds. The quantitative estimate of drug-likeness (QED) is 0.816. The largest absolute Gasteiger partial charge is 0.401 e. The normalized spacial score (nSPS) is 13.9. The predicted octanol–water partition coefficient (Wildman–Crippen LogP) is 1.88. The first-order chi connectivity index (χ1) is 6.88. The molecule has 1 rings (SSSR count). The first-order valence-electron chi connectivity index (χ1n) is 4.40. The Kier molecular flexibility index (Phi) is 3.52. The number of nitrogens with two attached hydrogens (primary N) is 1. The summed E-state index contributed by atoms with van der Waals surface area (Å²) in [4.78, 5) is 3.80. The van der Waals surface area contributed by atoms with Gasteiger partial charge in [0.15, 0.2) is 0 Å². The van der Waals surface area contributed by atoms with Crippen molar-refractivity contribution in [2.24, 2.45) is 0 Å². The highest BCUT2D eigenvalue weighted by Gasteiger charge is 2.27. The monoisotopic (exact) mass is 219 g/mol. The van der Waals surface area contributed by atoms with E-state index in [9.17, 15) is 13.2 Å². The Morgan fingerprint density at radius 2 is 2.13 bits per heavy atom. The summed E-state index contributed by atoms with van der Waals surface area (Å²) in [5.74, 6) is 0.349. The Morgan fingerprint density at radius 1 is 1.47 bits per heavy atom. The number of rotatable bonds is 3. The number of hydrogen-bond acceptors (Lipinski definition) is 3. The Bertz CT molecular complexity index is 307. The molecule has 0 aromatic carbocycles. The van der Waals surface area contributed by atoms with Gasteiger partial charge in [-0.05, 0) is 18.6 Å². The molecule has 1 aromatic heterocycles. The van der Waals surface area contributed by atoms with Crippen molar-refractivity contribution < 1.29 is 13.2 Å². The van der Waals surface area contributed by atoms with Gasteiger partial charge in [-0.25, -0.2) is 4.98 Å². The van der Waals surface area contributed by atoms with Gasteiger partial charge in [-0.2, -0.15) is 13.2 Å². The number of anilines is 1. The Labute approximate surface area is 85.5 Å². The molecule has 3 nitrogen and oxygen atoms in total. The van der Waals surface area contributed by atoms with Gasteiger partial charge in [-0.1, -0.05) is 6.07 Å². The molecular formula is C9H12F3N3. The third-order valence-electron chi connectivity index (χ3n) is 1.92. The van der Waals surface area contributed by atoms with Crippen LogP contribution >= 0.6 is 0 Å². The van der Waals surface area contributed by atoms with Gasteiger partial charge >= 0.3 is 6.18 Å². The fourth-order valence-corrected chi connectivity index (χ4v) is 1.06. The molecule has 0 fully saturated rings. The van der Waals surface area contributed by atoms with Gasteiger partial charge < -0.3 is 11.1 Å². The third-order valence-corrected chi connectivity index (χ3v) is 1.92. The molecule has 1 unspecified atom stereocenters. The highest BCUT2D eigenvalue weighted by Crippen LogP contribution is 2.16. The number of aromatic nitrogens is 1. The lowest BCUT2D eigenvalue weighted by Crippen LogP contribution is -2.30. The Hall–Kier alpha value is -1.30. The molecule has 1 atom stereocenters. The molecule has 0 aliphatic heterocycles. The van der Waals surface area contributed by atoms with Gasteiger partial charge in [0.2, 0.25) is 0 Å². The van der Waals surface area contributed by atoms with Crippen molar-refractivity contribution in [1.29, 1.82) is 0 Å². The summed E-state index contributed by atoms with van der Waals surface area (Å²) in [6.45, 7) is 0.623. The molecule has 1 heterocycles. The van der Waals surface area contributed by atoms with E-state index >= 15 is 0 Å². The van der Waals surface area contributed by atoms with Crippen molar-refractivity contribution in [3.8, 4) is 0 Å². The molecule has 0 spiro atoms. The zero-order chi connectivity index (χ0) is 11.5. The molecule has 0 radical (unpaired) electrons. The fraction of sp³-hybridized carbons (Fsp3) is 0.444. The van der Waals surface area contributed by atoms with Crippen molar-refractivity contribution in [3.63, 3.8) is 0 Å². The maximum Gasteiger partial charge on any atom is 0.401 e. The zero-order valence-electron chi connectivity index (χ0n) is 8.17. The summed E-state index contributed by atoms with van der Waals surface area (Å²) < 4.78 is 35.7. The lowest BCUT2D eigenvalue weighted by molar-refractivity contribution is -0.126. The van der Waals surface area contributed by atoms with Gasteiger partial charge in [-0.3, -0.25) is 0 Å². The van der Waals surface area contributed by atoms with E-state index in [1.54, 1.807) is 19.1 Å². The van der Waals surface area contributed by atoms with E-state index in [1.165, 1.54) is 6.20 Å². The minimum atomic E-state index is -4.20. The SMILES string of the molecule is CC(NCC(F)(F)F)c1ccc(N)nc1. The van der Waals surface area contributed by atoms with E-state index in [0.29, 0.717) is 11.4 Å². The second kappa shape index (κ2) is 4.48. The van der Waals surface area contributed by atoms with E-state index in [0.717, 1.165) is 0 Å². The number of pyridine rings is 1. The average Bonchev–Trinajstić information content (AvgIpc) is 2.14. The van der Waals surface area contributed by atoms with Gasteiger partial charge in [-0.15, -0.1) is 0 Å². The smallest absolute Gasteiger partial charge is 0.384 e. The summed E-state index contributed by atoms with van der Waals surface area (Å²) in [5, 5.41) is 2.35. The first-order valence-corrected chi connectivity index (χ1v) is 4.40. The molecule has 15 heavy (non-hydrogen) atoms. The molecule has 0 bridgehead atoms. The first kappa shape index (κ1) is 11.8. The summed E-state index contributed by atoms with van der Waals surface area (Å²) in [6, 6.07) is 2.80. The molecule has 0 aliphatic rings. The minimum Gasteiger partial charge on any atom is -0.384 e. The summed E-state index contributed by atoms with van der Waals surface area (Å²) in [6.07, 6.45) is -2.74. The van der Waals surface area contributed by atoms with Crippen LogP contribution in [0, 0.1) is 0 Å². The van der Waals surface area contributed by atoms with E-state index in [-0.39, 0.29) is 0 Å². The van der Waals surface area contributed by atoms with Crippen molar-refractivity contribution in [1.82, 2.24) is 10.3 Å². The van der Waals surface area contributed by atoms with E-state index in [4.69, 9.17) is 5.73 Å². The van der Waals surface area contributed by atoms with Crippen LogP contribution in [0.4, 0.5) is 19.0 Å². The fourth-order valence-electron chi connectivity index (χ4n) is 1.06. The molecule has 0 saturated heterocycles. The van der Waals surface area contributed by atoms with Crippen LogP contribution in [0.5, 0.6) is 0 Å². The van der Waals surface area contributed by atoms with E-state index < -0.39 is 18.8 Å². The summed E-state index contributed by atoms with van der Waals surface area (Å²) >= 11 is 0. The van der Waals surface area contributed by atoms with E-state index in [2.05, 4.69) is 10.3 Å². The Balaban J connectivity index is 2.54. The Morgan fingerprint density at radius 3 is 2.60 bits per heavy atom. The van der Waals surface area contributed by atoms with Gasteiger partial charge in [0.05, 0.1) is 6.54 Å². The highest BCUT2D eigenvalue weighted by atomic mass is 19.4. The number of halogens is 3. The zero-order valence-corrected chi connectivity index (χ0v) is 8.17. The molecule has 0 saturated carbocycles. The van der Waals surface area contributed by atoms with Crippen LogP contribution in [0.25, 0.3) is 0 Å². The van der Waals surface area contributed by atoms with Gasteiger partial charge in [0, 0.05) is 12.2 Å². The lowest BCUT2D eigenvalue weighted by Gasteiger charge is -2.15. The maximum absolute atomic E-state index is 11.9. The van der Waals surface area contributed by atoms with Crippen LogP contribution in [0.2, 0.25) is 0 Å². The molecule has 6 heteroatoms. The van der Waals surface area contributed by atoms with Crippen molar-refractivity contribution in [2.75, 3.05) is 12.3 Å². The van der Waals surface area contributed by atoms with Crippen LogP contribution in [0.1, 0.15) is 18.5 Å². The molecule has 3 N–H and O–H groups in total. The number of nitrogens with one attached hydrogen (secondary N) is 1.